The van der Waals surface area contributed by atoms with E-state index in [0.717, 1.165) is 38.1 Å². The summed E-state index contributed by atoms with van der Waals surface area (Å²) in [5.41, 5.74) is -5.58. The smallest absolute Gasteiger partial charge is 0.288 e. The Morgan fingerprint density at radius 3 is 1.31 bits per heavy atom. The van der Waals surface area contributed by atoms with Crippen molar-refractivity contribution in [2.24, 2.45) is 0 Å². The third-order valence-electron chi connectivity index (χ3n) is 3.75. The van der Waals surface area contributed by atoms with E-state index in [4.69, 9.17) is 23.2 Å². The second-order valence-electron chi connectivity index (χ2n) is 5.55. The minimum atomic E-state index is -4.99. The Kier molecular flexibility index (Phi) is 5.36. The normalized spacial score (nSPS) is 12.4. The molecule has 0 radical (unpaired) electrons. The van der Waals surface area contributed by atoms with Crippen molar-refractivity contribution < 1.29 is 31.1 Å². The molecule has 0 aliphatic carbocycles. The Morgan fingerprint density at radius 2 is 1.04 bits per heavy atom. The monoisotopic (exact) mass is 414 g/mol. The molecule has 26 heavy (non-hydrogen) atoms. The van der Waals surface area contributed by atoms with Gasteiger partial charge in [-0.2, -0.15) is 26.3 Å². The minimum absolute atomic E-state index is 0.345. The van der Waals surface area contributed by atoms with Crippen molar-refractivity contribution in [2.75, 3.05) is 0 Å². The Balaban J connectivity index is 2.90. The van der Waals surface area contributed by atoms with Crippen LogP contribution in [0.4, 0.5) is 26.3 Å². The molecule has 0 atom stereocenters. The van der Waals surface area contributed by atoms with E-state index >= 15 is 0 Å². The average molecular weight is 415 g/mol. The summed E-state index contributed by atoms with van der Waals surface area (Å²) in [7, 11) is 0. The van der Waals surface area contributed by atoms with Gasteiger partial charge in [-0.3, -0.25) is 4.79 Å². The first kappa shape index (κ1) is 20.6. The Bertz CT molecular complexity index is 813. The number of benzene rings is 2. The first-order valence-electron chi connectivity index (χ1n) is 7.04. The zero-order valence-corrected chi connectivity index (χ0v) is 14.8. The summed E-state index contributed by atoms with van der Waals surface area (Å²) in [4.78, 5) is 12.8. The van der Waals surface area contributed by atoms with Crippen molar-refractivity contribution in [1.29, 1.82) is 0 Å². The number of rotatable bonds is 2. The highest BCUT2D eigenvalue weighted by molar-refractivity contribution is 6.38. The summed E-state index contributed by atoms with van der Waals surface area (Å²) in [6.45, 7) is 2.16. The number of halogens is 8. The van der Waals surface area contributed by atoms with E-state index < -0.39 is 50.4 Å². The molecular weight excluding hydrogens is 405 g/mol. The highest BCUT2D eigenvalue weighted by atomic mass is 35.5. The van der Waals surface area contributed by atoms with Gasteiger partial charge in [0.25, 0.3) is 0 Å². The van der Waals surface area contributed by atoms with Crippen molar-refractivity contribution in [3.05, 3.63) is 67.7 Å². The predicted octanol–water partition coefficient (Wildman–Crippen LogP) is 6.88. The van der Waals surface area contributed by atoms with Crippen molar-refractivity contribution in [2.45, 2.75) is 26.2 Å². The molecular formula is C17H10Cl2F6O. The number of hydrogen-bond acceptors (Lipinski definition) is 1. The summed E-state index contributed by atoms with van der Waals surface area (Å²) < 4.78 is 80.5. The molecule has 0 heterocycles. The zero-order chi connectivity index (χ0) is 20.0. The van der Waals surface area contributed by atoms with E-state index in [1.54, 1.807) is 0 Å². The molecule has 0 aromatic heterocycles. The third kappa shape index (κ3) is 3.69. The van der Waals surface area contributed by atoms with Gasteiger partial charge in [0.1, 0.15) is 0 Å². The highest BCUT2D eigenvalue weighted by Crippen LogP contribution is 2.42. The van der Waals surface area contributed by atoms with Gasteiger partial charge in [-0.25, -0.2) is 0 Å². The molecule has 2 rings (SSSR count). The van der Waals surface area contributed by atoms with E-state index in [2.05, 4.69) is 0 Å². The van der Waals surface area contributed by atoms with E-state index in [0.29, 0.717) is 0 Å². The van der Waals surface area contributed by atoms with Crippen molar-refractivity contribution in [1.82, 2.24) is 0 Å². The molecule has 0 saturated carbocycles. The van der Waals surface area contributed by atoms with Crippen molar-refractivity contribution in [3.63, 3.8) is 0 Å². The number of aryl methyl sites for hydroxylation is 2. The predicted molar refractivity (Wildman–Crippen MR) is 85.8 cm³/mol. The molecule has 0 aliphatic rings. The van der Waals surface area contributed by atoms with Crippen LogP contribution in [0.2, 0.25) is 10.0 Å². The van der Waals surface area contributed by atoms with Gasteiger partial charge in [0.05, 0.1) is 32.3 Å². The Morgan fingerprint density at radius 1 is 0.731 bits per heavy atom. The van der Waals surface area contributed by atoms with Gasteiger partial charge < -0.3 is 0 Å². The van der Waals surface area contributed by atoms with Crippen LogP contribution in [0, 0.1) is 13.8 Å². The van der Waals surface area contributed by atoms with Gasteiger partial charge in [0.15, 0.2) is 5.78 Å². The summed E-state index contributed by atoms with van der Waals surface area (Å²) in [5, 5.41) is -1.22. The fourth-order valence-corrected chi connectivity index (χ4v) is 3.15. The molecule has 0 amide bonds. The molecule has 0 N–H and O–H groups in total. The SMILES string of the molecule is Cc1ccc(Cl)c(C(=O)c2c(Cl)ccc(C)c2C(F)(F)F)c1C(F)(F)F. The van der Waals surface area contributed by atoms with E-state index in [-0.39, 0.29) is 11.1 Å². The maximum Gasteiger partial charge on any atom is 0.417 e. The number of ketones is 1. The van der Waals surface area contributed by atoms with Crippen LogP contribution in [0.1, 0.15) is 38.2 Å². The van der Waals surface area contributed by atoms with Crippen LogP contribution in [0.3, 0.4) is 0 Å². The first-order chi connectivity index (χ1) is 11.8. The summed E-state index contributed by atoms with van der Waals surface area (Å²) >= 11 is 11.5. The maximum atomic E-state index is 13.4. The summed E-state index contributed by atoms with van der Waals surface area (Å²) in [5.74, 6) is -1.54. The lowest BCUT2D eigenvalue weighted by atomic mass is 9.90. The maximum absolute atomic E-state index is 13.4. The second kappa shape index (κ2) is 6.78. The van der Waals surface area contributed by atoms with Gasteiger partial charge in [0.2, 0.25) is 0 Å². The van der Waals surface area contributed by atoms with Gasteiger partial charge in [-0.15, -0.1) is 0 Å². The average Bonchev–Trinajstić information content (AvgIpc) is 2.48. The van der Waals surface area contributed by atoms with Crippen molar-refractivity contribution >= 4 is 29.0 Å². The molecule has 0 bridgehead atoms. The Hall–Kier alpha value is -1.73. The molecule has 0 unspecified atom stereocenters. The quantitative estimate of drug-likeness (QED) is 0.386. The molecule has 1 nitrogen and oxygen atoms in total. The lowest BCUT2D eigenvalue weighted by Gasteiger charge is -2.20. The standard InChI is InChI=1S/C17H10Cl2F6O/c1-7-3-5-9(18)11(13(7)16(20,21)22)15(26)12-10(19)6-4-8(2)14(12)17(23,24)25/h3-6H,1-2H3. The molecule has 2 aromatic carbocycles. The van der Waals surface area contributed by atoms with Crippen LogP contribution >= 0.6 is 23.2 Å². The number of alkyl halides is 6. The minimum Gasteiger partial charge on any atom is -0.288 e. The zero-order valence-electron chi connectivity index (χ0n) is 13.2. The molecule has 0 spiro atoms. The van der Waals surface area contributed by atoms with Gasteiger partial charge in [-0.1, -0.05) is 35.3 Å². The fraction of sp³-hybridized carbons (Fsp3) is 0.235. The number of carbonyl (C=O) groups excluding carboxylic acids is 1. The Labute approximate surface area is 154 Å². The summed E-state index contributed by atoms with van der Waals surface area (Å²) in [6, 6.07) is 4.11. The van der Waals surface area contributed by atoms with Crippen LogP contribution in [0.25, 0.3) is 0 Å². The highest BCUT2D eigenvalue weighted by Gasteiger charge is 2.42. The van der Waals surface area contributed by atoms with Gasteiger partial charge in [-0.05, 0) is 37.1 Å². The molecule has 2 aromatic rings. The molecule has 140 valence electrons. The van der Waals surface area contributed by atoms with E-state index in [1.807, 2.05) is 0 Å². The van der Waals surface area contributed by atoms with Gasteiger partial charge >= 0.3 is 12.4 Å². The molecule has 0 fully saturated rings. The fourth-order valence-electron chi connectivity index (χ4n) is 2.66. The lowest BCUT2D eigenvalue weighted by molar-refractivity contribution is -0.138. The largest absolute Gasteiger partial charge is 0.417 e. The van der Waals surface area contributed by atoms with Crippen molar-refractivity contribution in [3.8, 4) is 0 Å². The second-order valence-corrected chi connectivity index (χ2v) is 6.37. The summed E-state index contributed by atoms with van der Waals surface area (Å²) in [6.07, 6.45) is -9.98. The van der Waals surface area contributed by atoms with Crippen LogP contribution in [-0.4, -0.2) is 5.78 Å². The van der Waals surface area contributed by atoms with Crippen LogP contribution in [0.5, 0.6) is 0 Å². The van der Waals surface area contributed by atoms with Gasteiger partial charge in [0, 0.05) is 0 Å². The van der Waals surface area contributed by atoms with Crippen LogP contribution < -0.4 is 0 Å². The van der Waals surface area contributed by atoms with Crippen LogP contribution in [0.15, 0.2) is 24.3 Å². The van der Waals surface area contributed by atoms with Crippen LogP contribution in [-0.2, 0) is 12.4 Å². The van der Waals surface area contributed by atoms with E-state index in [1.165, 1.54) is 0 Å². The molecule has 0 saturated heterocycles. The lowest BCUT2D eigenvalue weighted by Crippen LogP contribution is -2.21. The number of carbonyl (C=O) groups is 1. The molecule has 0 aliphatic heterocycles. The molecule has 9 heteroatoms. The first-order valence-corrected chi connectivity index (χ1v) is 7.79. The number of hydrogen-bond donors (Lipinski definition) is 0. The van der Waals surface area contributed by atoms with E-state index in [9.17, 15) is 31.1 Å². The third-order valence-corrected chi connectivity index (χ3v) is 4.38. The topological polar surface area (TPSA) is 17.1 Å².